The van der Waals surface area contributed by atoms with Gasteiger partial charge in [0, 0.05) is 43.6 Å². The first-order chi connectivity index (χ1) is 16.5. The van der Waals surface area contributed by atoms with E-state index in [0.717, 1.165) is 67.6 Å². The number of hydrogen-bond acceptors (Lipinski definition) is 5. The minimum Gasteiger partial charge on any atom is -0.344 e. The summed E-state index contributed by atoms with van der Waals surface area (Å²) >= 11 is 1.40. The second-order valence-electron chi connectivity index (χ2n) is 9.36. The van der Waals surface area contributed by atoms with Crippen molar-refractivity contribution in [3.8, 4) is 0 Å². The number of carbonyl (C=O) groups is 2. The Morgan fingerprint density at radius 3 is 2.68 bits per heavy atom. The normalized spacial score (nSPS) is 18.0. The van der Waals surface area contributed by atoms with Gasteiger partial charge in [0.2, 0.25) is 0 Å². The molecule has 2 aliphatic heterocycles. The van der Waals surface area contributed by atoms with Gasteiger partial charge in [-0.2, -0.15) is 4.37 Å². The third-order valence-electron chi connectivity index (χ3n) is 7.30. The van der Waals surface area contributed by atoms with Crippen LogP contribution in [0.25, 0.3) is 10.1 Å². The summed E-state index contributed by atoms with van der Waals surface area (Å²) in [6.07, 6.45) is 6.48. The van der Waals surface area contributed by atoms with Gasteiger partial charge in [-0.25, -0.2) is 4.39 Å². The van der Waals surface area contributed by atoms with Crippen molar-refractivity contribution < 1.29 is 14.0 Å². The number of aromatic nitrogens is 2. The molecule has 0 bridgehead atoms. The van der Waals surface area contributed by atoms with Gasteiger partial charge in [0.05, 0.1) is 21.7 Å². The Labute approximate surface area is 203 Å². The molecule has 0 unspecified atom stereocenters. The molecule has 2 aliphatic rings. The van der Waals surface area contributed by atoms with Crippen LogP contribution >= 0.6 is 11.5 Å². The van der Waals surface area contributed by atoms with Crippen molar-refractivity contribution in [2.45, 2.75) is 51.5 Å². The van der Waals surface area contributed by atoms with E-state index in [2.05, 4.69) is 9.27 Å². The van der Waals surface area contributed by atoms with Crippen molar-refractivity contribution in [1.82, 2.24) is 18.7 Å². The Kier molecular flexibility index (Phi) is 6.79. The van der Waals surface area contributed by atoms with Gasteiger partial charge in [-0.05, 0) is 88.0 Å². The highest BCUT2D eigenvalue weighted by Gasteiger charge is 2.29. The average Bonchev–Trinajstić information content (AvgIpc) is 3.43. The van der Waals surface area contributed by atoms with E-state index < -0.39 is 0 Å². The van der Waals surface area contributed by atoms with Gasteiger partial charge in [0.25, 0.3) is 5.91 Å². The van der Waals surface area contributed by atoms with Gasteiger partial charge in [0.1, 0.15) is 5.82 Å². The molecule has 3 aromatic rings. The molecule has 0 aliphatic carbocycles. The molecule has 4 heterocycles. The van der Waals surface area contributed by atoms with Crippen molar-refractivity contribution >= 4 is 33.3 Å². The third kappa shape index (κ3) is 4.53. The van der Waals surface area contributed by atoms with Crippen LogP contribution in [0.4, 0.5) is 4.39 Å². The van der Waals surface area contributed by atoms with Crippen LogP contribution in [0, 0.1) is 5.82 Å². The number of hydrogen-bond donors (Lipinski definition) is 0. The lowest BCUT2D eigenvalue weighted by Gasteiger charge is -2.31. The number of halogens is 1. The van der Waals surface area contributed by atoms with E-state index in [1.165, 1.54) is 17.6 Å². The average molecular weight is 483 g/mol. The van der Waals surface area contributed by atoms with Gasteiger partial charge >= 0.3 is 0 Å². The molecular formula is C26H31FN4O2S. The van der Waals surface area contributed by atoms with Gasteiger partial charge in [-0.1, -0.05) is 0 Å². The number of unbranched alkanes of at least 4 members (excludes halogenated alkanes) is 1. The number of piperidine rings is 1. The molecule has 1 amide bonds. The van der Waals surface area contributed by atoms with Crippen LogP contribution in [0.15, 0.2) is 30.5 Å². The fourth-order valence-electron chi connectivity index (χ4n) is 5.34. The van der Waals surface area contributed by atoms with Crippen LogP contribution in [-0.2, 0) is 6.54 Å². The fourth-order valence-corrected chi connectivity index (χ4v) is 6.22. The summed E-state index contributed by atoms with van der Waals surface area (Å²) in [6.45, 7) is 6.98. The molecule has 8 heteroatoms. The van der Waals surface area contributed by atoms with Crippen LogP contribution in [0.5, 0.6) is 0 Å². The monoisotopic (exact) mass is 482 g/mol. The molecule has 0 radical (unpaired) electrons. The second kappa shape index (κ2) is 9.96. The van der Waals surface area contributed by atoms with Crippen molar-refractivity contribution in [2.75, 3.05) is 32.7 Å². The molecule has 5 rings (SSSR count). The van der Waals surface area contributed by atoms with Crippen LogP contribution < -0.4 is 0 Å². The number of likely N-dealkylation sites (tertiary alicyclic amines) is 1. The summed E-state index contributed by atoms with van der Waals surface area (Å²) in [7, 11) is 0. The molecule has 1 saturated heterocycles. The predicted molar refractivity (Wildman–Crippen MR) is 132 cm³/mol. The highest BCUT2D eigenvalue weighted by atomic mass is 32.1. The highest BCUT2D eigenvalue weighted by molar-refractivity contribution is 7.13. The maximum atomic E-state index is 13.5. The Hall–Kier alpha value is -2.58. The van der Waals surface area contributed by atoms with Crippen molar-refractivity contribution in [3.05, 3.63) is 53.2 Å². The lowest BCUT2D eigenvalue weighted by molar-refractivity contribution is 0.0767. The largest absolute Gasteiger partial charge is 0.344 e. The number of amides is 1. The molecule has 34 heavy (non-hydrogen) atoms. The van der Waals surface area contributed by atoms with Crippen LogP contribution in [-0.4, -0.2) is 63.2 Å². The van der Waals surface area contributed by atoms with E-state index in [1.54, 1.807) is 11.0 Å². The van der Waals surface area contributed by atoms with Crippen LogP contribution in [0.3, 0.4) is 0 Å². The van der Waals surface area contributed by atoms with Gasteiger partial charge in [-0.15, -0.1) is 0 Å². The predicted octanol–water partition coefficient (Wildman–Crippen LogP) is 4.95. The minimum absolute atomic E-state index is 0.0250. The van der Waals surface area contributed by atoms with E-state index in [4.69, 9.17) is 0 Å². The van der Waals surface area contributed by atoms with Gasteiger partial charge in [-0.3, -0.25) is 9.59 Å². The lowest BCUT2D eigenvalue weighted by Crippen LogP contribution is -2.33. The molecule has 1 fully saturated rings. The van der Waals surface area contributed by atoms with Crippen LogP contribution in [0.1, 0.15) is 71.5 Å². The first-order valence-corrected chi connectivity index (χ1v) is 13.1. The summed E-state index contributed by atoms with van der Waals surface area (Å²) in [6, 6.07) is 6.79. The quantitative estimate of drug-likeness (QED) is 0.448. The zero-order valence-corrected chi connectivity index (χ0v) is 20.5. The number of ketones is 1. The number of fused-ring (bicyclic) bond motifs is 2. The van der Waals surface area contributed by atoms with Gasteiger partial charge < -0.3 is 14.4 Å². The molecule has 6 nitrogen and oxygen atoms in total. The van der Waals surface area contributed by atoms with Crippen molar-refractivity contribution in [2.24, 2.45) is 0 Å². The third-order valence-corrected chi connectivity index (χ3v) is 8.12. The smallest absolute Gasteiger partial charge is 0.256 e. The number of benzene rings is 1. The maximum Gasteiger partial charge on any atom is 0.256 e. The SMILES string of the molecule is CCN1CCC(=O)c2c(ccn2CCCCN2CCC(c3nsc4cc(F)ccc34)CC2)C1=O. The first-order valence-electron chi connectivity index (χ1n) is 12.3. The fraction of sp³-hybridized carbons (Fsp3) is 0.500. The molecule has 1 aromatic carbocycles. The standard InChI is InChI=1S/C26H31FN4O2S/c1-2-30-16-10-22(32)25-21(26(30)33)9-15-31(25)12-4-3-11-29-13-7-18(8-14-29)24-20-6-5-19(27)17-23(20)34-28-24/h5-6,9,15,17-18H,2-4,7-8,10-14,16H2,1H3. The molecule has 0 saturated carbocycles. The van der Waals surface area contributed by atoms with E-state index >= 15 is 0 Å². The summed E-state index contributed by atoms with van der Waals surface area (Å²) in [4.78, 5) is 29.6. The summed E-state index contributed by atoms with van der Waals surface area (Å²) in [5.41, 5.74) is 2.29. The van der Waals surface area contributed by atoms with Crippen molar-refractivity contribution in [3.63, 3.8) is 0 Å². The zero-order valence-electron chi connectivity index (χ0n) is 19.6. The maximum absolute atomic E-state index is 13.5. The minimum atomic E-state index is -0.201. The van der Waals surface area contributed by atoms with E-state index in [1.807, 2.05) is 29.8 Å². The van der Waals surface area contributed by atoms with Gasteiger partial charge in [0.15, 0.2) is 5.78 Å². The lowest BCUT2D eigenvalue weighted by atomic mass is 9.91. The second-order valence-corrected chi connectivity index (χ2v) is 10.2. The number of nitrogens with zero attached hydrogens (tertiary/aromatic N) is 4. The van der Waals surface area contributed by atoms with Crippen molar-refractivity contribution in [1.29, 1.82) is 0 Å². The van der Waals surface area contributed by atoms with E-state index in [0.29, 0.717) is 36.7 Å². The molecule has 180 valence electrons. The zero-order chi connectivity index (χ0) is 23.7. The Morgan fingerprint density at radius 2 is 1.88 bits per heavy atom. The Morgan fingerprint density at radius 1 is 1.09 bits per heavy atom. The first kappa shape index (κ1) is 23.2. The van der Waals surface area contributed by atoms with E-state index in [9.17, 15) is 14.0 Å². The molecule has 2 aromatic heterocycles. The molecule has 0 N–H and O–H groups in total. The Balaban J connectivity index is 1.11. The summed E-state index contributed by atoms with van der Waals surface area (Å²) in [5.74, 6) is 0.288. The van der Waals surface area contributed by atoms with E-state index in [-0.39, 0.29) is 17.5 Å². The Bertz CT molecular complexity index is 1190. The summed E-state index contributed by atoms with van der Waals surface area (Å²) < 4.78 is 21.1. The van der Waals surface area contributed by atoms with Crippen LogP contribution in [0.2, 0.25) is 0 Å². The highest BCUT2D eigenvalue weighted by Crippen LogP contribution is 2.34. The molecule has 0 spiro atoms. The molecular weight excluding hydrogens is 451 g/mol. The summed E-state index contributed by atoms with van der Waals surface area (Å²) in [5, 5.41) is 1.10. The topological polar surface area (TPSA) is 58.4 Å². The number of rotatable bonds is 7. The number of carbonyl (C=O) groups excluding carboxylic acids is 2. The molecule has 0 atom stereocenters. The number of Topliss-reactive ketones (excluding diaryl/α,β-unsaturated/α-hetero) is 1. The number of aryl methyl sites for hydroxylation is 1.